The molecule has 1 aromatic carbocycles. The zero-order chi connectivity index (χ0) is 20.5. The Balaban J connectivity index is 1.72. The highest BCUT2D eigenvalue weighted by molar-refractivity contribution is 5.96. The quantitative estimate of drug-likeness (QED) is 0.452. The van der Waals surface area contributed by atoms with Crippen LogP contribution in [-0.4, -0.2) is 26.6 Å². The molecule has 0 saturated heterocycles. The van der Waals surface area contributed by atoms with Crippen LogP contribution < -0.4 is 0 Å². The van der Waals surface area contributed by atoms with Crippen LogP contribution in [0.2, 0.25) is 0 Å². The second kappa shape index (κ2) is 8.03. The second-order valence-electron chi connectivity index (χ2n) is 8.00. The summed E-state index contributed by atoms with van der Waals surface area (Å²) in [7, 11) is 1.69. The summed E-state index contributed by atoms with van der Waals surface area (Å²) in [4.78, 5) is 12.7. The molecule has 3 heterocycles. The van der Waals surface area contributed by atoms with E-state index in [-0.39, 0.29) is 5.82 Å². The van der Waals surface area contributed by atoms with Crippen LogP contribution >= 0.6 is 0 Å². The van der Waals surface area contributed by atoms with E-state index in [1.165, 1.54) is 31.4 Å². The maximum absolute atomic E-state index is 13.6. The second-order valence-corrected chi connectivity index (χ2v) is 8.00. The number of imidazole rings is 1. The monoisotopic (exact) mass is 404 g/mol. The molecule has 0 amide bonds. The Labute approximate surface area is 174 Å². The highest BCUT2D eigenvalue weighted by Crippen LogP contribution is 2.40. The number of fused-ring (bicyclic) bond motifs is 1. The van der Waals surface area contributed by atoms with Crippen LogP contribution in [0, 0.1) is 5.82 Å². The Hall–Kier alpha value is -2.99. The fourth-order valence-corrected chi connectivity index (χ4v) is 4.60. The van der Waals surface area contributed by atoms with Gasteiger partial charge in [0.05, 0.1) is 24.3 Å². The predicted octanol–water partition coefficient (Wildman–Crippen LogP) is 5.88. The molecule has 0 radical (unpaired) electrons. The van der Waals surface area contributed by atoms with Crippen LogP contribution in [-0.2, 0) is 11.3 Å². The number of halogens is 1. The van der Waals surface area contributed by atoms with Crippen molar-refractivity contribution in [1.29, 1.82) is 0 Å². The van der Waals surface area contributed by atoms with Gasteiger partial charge in [-0.2, -0.15) is 0 Å². The molecule has 3 aromatic heterocycles. The molecule has 5 rings (SSSR count). The minimum atomic E-state index is -0.242. The number of pyridine rings is 1. The topological polar surface area (TPSA) is 55.7 Å². The van der Waals surface area contributed by atoms with Crippen molar-refractivity contribution in [1.82, 2.24) is 19.5 Å². The smallest absolute Gasteiger partial charge is 0.138 e. The summed E-state index contributed by atoms with van der Waals surface area (Å²) >= 11 is 0. The van der Waals surface area contributed by atoms with E-state index in [9.17, 15) is 4.39 Å². The Kier molecular flexibility index (Phi) is 5.09. The maximum atomic E-state index is 13.6. The number of ether oxygens (including phenoxy) is 1. The number of rotatable bonds is 5. The van der Waals surface area contributed by atoms with E-state index in [4.69, 9.17) is 9.72 Å². The largest absolute Gasteiger partial charge is 0.378 e. The van der Waals surface area contributed by atoms with Crippen molar-refractivity contribution < 1.29 is 9.13 Å². The van der Waals surface area contributed by atoms with Crippen molar-refractivity contribution in [2.24, 2.45) is 0 Å². The summed E-state index contributed by atoms with van der Waals surface area (Å²) in [6.45, 7) is 0.502. The van der Waals surface area contributed by atoms with Gasteiger partial charge >= 0.3 is 0 Å². The highest BCUT2D eigenvalue weighted by Gasteiger charge is 2.24. The summed E-state index contributed by atoms with van der Waals surface area (Å²) in [5.41, 5.74) is 5.77. The van der Waals surface area contributed by atoms with Gasteiger partial charge in [-0.1, -0.05) is 19.3 Å². The van der Waals surface area contributed by atoms with E-state index in [0.717, 1.165) is 52.1 Å². The van der Waals surface area contributed by atoms with E-state index in [0.29, 0.717) is 12.6 Å². The molecule has 0 spiro atoms. The van der Waals surface area contributed by atoms with Gasteiger partial charge in [0.2, 0.25) is 0 Å². The molecule has 6 heteroatoms. The normalized spacial score (nSPS) is 15.1. The number of aromatic nitrogens is 4. The summed E-state index contributed by atoms with van der Waals surface area (Å²) in [5, 5.41) is 1.05. The van der Waals surface area contributed by atoms with Crippen LogP contribution in [0.15, 0.2) is 48.9 Å². The SMILES string of the molecule is COCc1cc2c(-c3c(-c4ccc(F)cc4)ncn3C3CCCCC3)ccnc2[nH]1. The third kappa shape index (κ3) is 3.41. The lowest BCUT2D eigenvalue weighted by molar-refractivity contribution is 0.182. The molecule has 0 bridgehead atoms. The molecule has 30 heavy (non-hydrogen) atoms. The predicted molar refractivity (Wildman–Crippen MR) is 116 cm³/mol. The van der Waals surface area contributed by atoms with Gasteiger partial charge in [0.1, 0.15) is 11.5 Å². The first-order chi connectivity index (χ1) is 14.7. The van der Waals surface area contributed by atoms with Crippen molar-refractivity contribution in [2.75, 3.05) is 7.11 Å². The minimum Gasteiger partial charge on any atom is -0.378 e. The lowest BCUT2D eigenvalue weighted by Gasteiger charge is -2.25. The van der Waals surface area contributed by atoms with Gasteiger partial charge < -0.3 is 14.3 Å². The van der Waals surface area contributed by atoms with Crippen molar-refractivity contribution in [3.05, 3.63) is 60.4 Å². The Morgan fingerprint density at radius 3 is 2.67 bits per heavy atom. The van der Waals surface area contributed by atoms with Gasteiger partial charge in [0.25, 0.3) is 0 Å². The molecule has 0 aliphatic heterocycles. The number of methoxy groups -OCH3 is 1. The van der Waals surface area contributed by atoms with E-state index >= 15 is 0 Å². The molecular weight excluding hydrogens is 379 g/mol. The third-order valence-corrected chi connectivity index (χ3v) is 6.02. The molecule has 154 valence electrons. The molecule has 4 aromatic rings. The van der Waals surface area contributed by atoms with Crippen molar-refractivity contribution in [3.8, 4) is 22.5 Å². The van der Waals surface area contributed by atoms with Gasteiger partial charge in [-0.15, -0.1) is 0 Å². The molecule has 0 atom stereocenters. The zero-order valence-electron chi connectivity index (χ0n) is 17.1. The van der Waals surface area contributed by atoms with E-state index < -0.39 is 0 Å². The molecule has 1 saturated carbocycles. The van der Waals surface area contributed by atoms with Gasteiger partial charge in [0.15, 0.2) is 0 Å². The van der Waals surface area contributed by atoms with Crippen LogP contribution in [0.4, 0.5) is 4.39 Å². The first-order valence-electron chi connectivity index (χ1n) is 10.5. The minimum absolute atomic E-state index is 0.242. The van der Waals surface area contributed by atoms with E-state index in [1.54, 1.807) is 19.2 Å². The first-order valence-corrected chi connectivity index (χ1v) is 10.5. The number of aromatic amines is 1. The number of H-pyrrole nitrogens is 1. The van der Waals surface area contributed by atoms with Crippen molar-refractivity contribution in [3.63, 3.8) is 0 Å². The fraction of sp³-hybridized carbons (Fsp3) is 0.333. The van der Waals surface area contributed by atoms with Crippen LogP contribution in [0.1, 0.15) is 43.8 Å². The Morgan fingerprint density at radius 2 is 1.90 bits per heavy atom. The molecule has 1 aliphatic carbocycles. The van der Waals surface area contributed by atoms with Crippen molar-refractivity contribution in [2.45, 2.75) is 44.8 Å². The van der Waals surface area contributed by atoms with Crippen LogP contribution in [0.3, 0.4) is 0 Å². The van der Waals surface area contributed by atoms with Crippen LogP contribution in [0.25, 0.3) is 33.5 Å². The molecule has 1 N–H and O–H groups in total. The fourth-order valence-electron chi connectivity index (χ4n) is 4.60. The molecule has 5 nitrogen and oxygen atoms in total. The van der Waals surface area contributed by atoms with E-state index in [2.05, 4.69) is 26.7 Å². The van der Waals surface area contributed by atoms with Gasteiger partial charge in [0, 0.05) is 41.6 Å². The lowest BCUT2D eigenvalue weighted by Crippen LogP contribution is -2.13. The summed E-state index contributed by atoms with van der Waals surface area (Å²) < 4.78 is 21.2. The maximum Gasteiger partial charge on any atom is 0.138 e. The molecular formula is C24H25FN4O. The first kappa shape index (κ1) is 19.0. The number of hydrogen-bond donors (Lipinski definition) is 1. The summed E-state index contributed by atoms with van der Waals surface area (Å²) in [6, 6.07) is 11.2. The van der Waals surface area contributed by atoms with Crippen LogP contribution in [0.5, 0.6) is 0 Å². The standard InChI is InChI=1S/C24H25FN4O/c1-30-14-18-13-21-20(11-12-26-24(21)28-18)23-22(16-7-9-17(25)10-8-16)27-15-29(23)19-5-3-2-4-6-19/h7-13,15,19H,2-6,14H2,1H3,(H,26,28). The molecule has 1 aliphatic rings. The lowest BCUT2D eigenvalue weighted by atomic mass is 9.94. The number of hydrogen-bond acceptors (Lipinski definition) is 3. The summed E-state index contributed by atoms with van der Waals surface area (Å²) in [6.07, 6.45) is 9.87. The number of nitrogens with zero attached hydrogens (tertiary/aromatic N) is 3. The average molecular weight is 404 g/mol. The zero-order valence-corrected chi connectivity index (χ0v) is 17.1. The van der Waals surface area contributed by atoms with Crippen molar-refractivity contribution >= 4 is 11.0 Å². The van der Waals surface area contributed by atoms with E-state index in [1.807, 2.05) is 12.5 Å². The van der Waals surface area contributed by atoms with Gasteiger partial charge in [-0.05, 0) is 49.2 Å². The molecule has 1 fully saturated rings. The summed E-state index contributed by atoms with van der Waals surface area (Å²) in [5.74, 6) is -0.242. The molecule has 0 unspecified atom stereocenters. The Bertz CT molecular complexity index is 1160. The number of benzene rings is 1. The van der Waals surface area contributed by atoms with Gasteiger partial charge in [-0.25, -0.2) is 14.4 Å². The number of nitrogens with one attached hydrogen (secondary N) is 1. The Morgan fingerprint density at radius 1 is 1.10 bits per heavy atom. The highest BCUT2D eigenvalue weighted by atomic mass is 19.1. The van der Waals surface area contributed by atoms with Gasteiger partial charge in [-0.3, -0.25) is 0 Å². The average Bonchev–Trinajstić information content (AvgIpc) is 3.39. The third-order valence-electron chi connectivity index (χ3n) is 6.02.